The van der Waals surface area contributed by atoms with E-state index >= 15 is 0 Å². The molecule has 1 amide bonds. The molecule has 0 spiro atoms. The number of ether oxygens (including phenoxy) is 2. The van der Waals surface area contributed by atoms with Gasteiger partial charge in [0.1, 0.15) is 5.60 Å². The molecule has 0 aliphatic rings. The minimum Gasteiger partial charge on any atom is -0.465 e. The molecule has 2 heterocycles. The highest BCUT2D eigenvalue weighted by Gasteiger charge is 2.20. The van der Waals surface area contributed by atoms with Crippen molar-refractivity contribution in [3.63, 3.8) is 0 Å². The number of carbonyl (C=O) groups is 2. The zero-order valence-corrected chi connectivity index (χ0v) is 17.6. The van der Waals surface area contributed by atoms with E-state index in [0.717, 1.165) is 11.1 Å². The predicted molar refractivity (Wildman–Crippen MR) is 112 cm³/mol. The van der Waals surface area contributed by atoms with E-state index in [-0.39, 0.29) is 5.95 Å². The zero-order valence-electron chi connectivity index (χ0n) is 17.6. The summed E-state index contributed by atoms with van der Waals surface area (Å²) >= 11 is 0. The van der Waals surface area contributed by atoms with Gasteiger partial charge in [0, 0.05) is 12.1 Å². The number of amides is 1. The fraction of sp³-hybridized carbons (Fsp3) is 0.333. The molecule has 0 saturated heterocycles. The molecule has 1 aromatic carbocycles. The summed E-state index contributed by atoms with van der Waals surface area (Å²) in [5, 5.41) is 10.0. The highest BCUT2D eigenvalue weighted by atomic mass is 16.6. The van der Waals surface area contributed by atoms with Gasteiger partial charge in [-0.25, -0.2) is 14.1 Å². The lowest BCUT2D eigenvalue weighted by molar-refractivity contribution is 0.0598. The quantitative estimate of drug-likeness (QED) is 0.621. The van der Waals surface area contributed by atoms with E-state index in [9.17, 15) is 9.59 Å². The molecule has 0 atom stereocenters. The molecule has 0 radical (unpaired) electrons. The van der Waals surface area contributed by atoms with Gasteiger partial charge in [-0.15, -0.1) is 5.10 Å². The second kappa shape index (κ2) is 8.50. The molecule has 30 heavy (non-hydrogen) atoms. The number of benzene rings is 1. The van der Waals surface area contributed by atoms with Gasteiger partial charge >= 0.3 is 12.1 Å². The first kappa shape index (κ1) is 21.3. The second-order valence-electron chi connectivity index (χ2n) is 7.68. The smallest absolute Gasteiger partial charge is 0.414 e. The van der Waals surface area contributed by atoms with Crippen molar-refractivity contribution in [2.45, 2.75) is 32.9 Å². The van der Waals surface area contributed by atoms with Gasteiger partial charge in [0.2, 0.25) is 0 Å². The van der Waals surface area contributed by atoms with E-state index in [1.54, 1.807) is 37.4 Å². The average Bonchev–Trinajstić information content (AvgIpc) is 3.07. The van der Waals surface area contributed by atoms with E-state index in [2.05, 4.69) is 20.7 Å². The Kier molecular flexibility index (Phi) is 6.02. The van der Waals surface area contributed by atoms with Crippen molar-refractivity contribution >= 4 is 23.7 Å². The third-order valence-corrected chi connectivity index (χ3v) is 4.07. The van der Waals surface area contributed by atoms with Crippen LogP contribution in [0.3, 0.4) is 0 Å². The summed E-state index contributed by atoms with van der Waals surface area (Å²) in [6, 6.07) is 11.1. The Labute approximate surface area is 174 Å². The Balaban J connectivity index is 2.08. The normalized spacial score (nSPS) is 11.4. The number of carbonyl (C=O) groups excluding carboxylic acids is 2. The molecule has 2 aromatic heterocycles. The summed E-state index contributed by atoms with van der Waals surface area (Å²) in [6.45, 7) is 5.99. The Morgan fingerprint density at radius 3 is 2.60 bits per heavy atom. The fourth-order valence-electron chi connectivity index (χ4n) is 2.92. The van der Waals surface area contributed by atoms with Crippen molar-refractivity contribution in [3.8, 4) is 11.3 Å². The van der Waals surface area contributed by atoms with Crippen LogP contribution in [-0.4, -0.2) is 46.4 Å². The molecule has 0 fully saturated rings. The van der Waals surface area contributed by atoms with Crippen molar-refractivity contribution in [3.05, 3.63) is 47.5 Å². The maximum atomic E-state index is 12.2. The Morgan fingerprint density at radius 2 is 1.93 bits per heavy atom. The SMILES string of the molecule is CNCc1cccc(-c2cc(C(=O)OC)cc3nc(NC(=O)OC(C)(C)C)nn23)c1. The number of rotatable bonds is 5. The number of hydrogen-bond acceptors (Lipinski definition) is 7. The highest BCUT2D eigenvalue weighted by Crippen LogP contribution is 2.24. The zero-order chi connectivity index (χ0) is 21.9. The summed E-state index contributed by atoms with van der Waals surface area (Å²) in [7, 11) is 3.19. The number of fused-ring (bicyclic) bond motifs is 1. The molecule has 9 nitrogen and oxygen atoms in total. The van der Waals surface area contributed by atoms with Gasteiger partial charge in [-0.05, 0) is 51.6 Å². The van der Waals surface area contributed by atoms with Crippen LogP contribution in [0.25, 0.3) is 16.9 Å². The number of methoxy groups -OCH3 is 1. The Bertz CT molecular complexity index is 1080. The lowest BCUT2D eigenvalue weighted by Gasteiger charge is -2.18. The Hall–Kier alpha value is -3.46. The molecule has 158 valence electrons. The molecule has 0 aliphatic heterocycles. The number of aromatic nitrogens is 3. The van der Waals surface area contributed by atoms with Crippen molar-refractivity contribution in [2.24, 2.45) is 0 Å². The van der Waals surface area contributed by atoms with Gasteiger partial charge in [-0.2, -0.15) is 4.98 Å². The van der Waals surface area contributed by atoms with E-state index < -0.39 is 17.7 Å². The number of nitrogens with one attached hydrogen (secondary N) is 2. The Morgan fingerprint density at radius 1 is 1.17 bits per heavy atom. The predicted octanol–water partition coefficient (Wildman–Crippen LogP) is 3.25. The van der Waals surface area contributed by atoms with Crippen molar-refractivity contribution < 1.29 is 19.1 Å². The van der Waals surface area contributed by atoms with Gasteiger partial charge in [-0.1, -0.05) is 18.2 Å². The molecular formula is C21H25N5O4. The van der Waals surface area contributed by atoms with Gasteiger partial charge in [0.25, 0.3) is 5.95 Å². The minimum atomic E-state index is -0.663. The first-order valence-corrected chi connectivity index (χ1v) is 9.43. The maximum absolute atomic E-state index is 12.2. The van der Waals surface area contributed by atoms with Gasteiger partial charge in [0.15, 0.2) is 5.65 Å². The minimum absolute atomic E-state index is 0.0684. The summed E-state index contributed by atoms with van der Waals surface area (Å²) in [6.07, 6.45) is -0.663. The summed E-state index contributed by atoms with van der Waals surface area (Å²) in [4.78, 5) is 28.6. The lowest BCUT2D eigenvalue weighted by Crippen LogP contribution is -2.27. The van der Waals surface area contributed by atoms with E-state index in [0.29, 0.717) is 23.4 Å². The molecule has 0 bridgehead atoms. The van der Waals surface area contributed by atoms with Crippen LogP contribution in [0.5, 0.6) is 0 Å². The second-order valence-corrected chi connectivity index (χ2v) is 7.68. The fourth-order valence-corrected chi connectivity index (χ4v) is 2.92. The monoisotopic (exact) mass is 411 g/mol. The first-order chi connectivity index (χ1) is 14.2. The van der Waals surface area contributed by atoms with Crippen LogP contribution in [-0.2, 0) is 16.0 Å². The molecule has 0 aliphatic carbocycles. The highest BCUT2D eigenvalue weighted by molar-refractivity contribution is 5.92. The van der Waals surface area contributed by atoms with Crippen LogP contribution >= 0.6 is 0 Å². The molecule has 0 unspecified atom stereocenters. The standard InChI is InChI=1S/C21H25N5O4/c1-21(2,3)30-20(28)24-19-23-17-11-15(18(27)29-5)10-16(26(17)25-19)14-8-6-7-13(9-14)12-22-4/h6-11,22H,12H2,1-5H3,(H,24,25,28). The average molecular weight is 411 g/mol. The molecular weight excluding hydrogens is 386 g/mol. The van der Waals surface area contributed by atoms with Gasteiger partial charge < -0.3 is 14.8 Å². The van der Waals surface area contributed by atoms with Crippen LogP contribution in [0.4, 0.5) is 10.7 Å². The number of hydrogen-bond donors (Lipinski definition) is 2. The van der Waals surface area contributed by atoms with Crippen LogP contribution in [0.1, 0.15) is 36.7 Å². The van der Waals surface area contributed by atoms with Crippen LogP contribution in [0, 0.1) is 0 Å². The molecule has 0 saturated carbocycles. The van der Waals surface area contributed by atoms with Crippen molar-refractivity contribution in [1.29, 1.82) is 0 Å². The molecule has 3 aromatic rings. The molecule has 9 heteroatoms. The van der Waals surface area contributed by atoms with Crippen LogP contribution < -0.4 is 10.6 Å². The maximum Gasteiger partial charge on any atom is 0.414 e. The van der Waals surface area contributed by atoms with Crippen molar-refractivity contribution in [1.82, 2.24) is 19.9 Å². The summed E-state index contributed by atoms with van der Waals surface area (Å²) in [5.41, 5.74) is 2.61. The topological polar surface area (TPSA) is 107 Å². The van der Waals surface area contributed by atoms with E-state index in [1.807, 2.05) is 31.3 Å². The lowest BCUT2D eigenvalue weighted by atomic mass is 10.1. The largest absolute Gasteiger partial charge is 0.465 e. The third-order valence-electron chi connectivity index (χ3n) is 4.07. The van der Waals surface area contributed by atoms with Gasteiger partial charge in [-0.3, -0.25) is 5.32 Å². The van der Waals surface area contributed by atoms with Gasteiger partial charge in [0.05, 0.1) is 18.4 Å². The number of esters is 1. The van der Waals surface area contributed by atoms with E-state index in [1.165, 1.54) is 7.11 Å². The number of pyridine rings is 1. The van der Waals surface area contributed by atoms with Crippen LogP contribution in [0.2, 0.25) is 0 Å². The van der Waals surface area contributed by atoms with Crippen LogP contribution in [0.15, 0.2) is 36.4 Å². The number of anilines is 1. The summed E-state index contributed by atoms with van der Waals surface area (Å²) in [5.74, 6) is -0.423. The molecule has 2 N–H and O–H groups in total. The third kappa shape index (κ3) is 4.93. The summed E-state index contributed by atoms with van der Waals surface area (Å²) < 4.78 is 11.7. The molecule has 3 rings (SSSR count). The number of nitrogens with zero attached hydrogens (tertiary/aromatic N) is 3. The van der Waals surface area contributed by atoms with Crippen molar-refractivity contribution in [2.75, 3.05) is 19.5 Å². The first-order valence-electron chi connectivity index (χ1n) is 9.43. The van der Waals surface area contributed by atoms with E-state index in [4.69, 9.17) is 9.47 Å².